The van der Waals surface area contributed by atoms with Crippen LogP contribution in [-0.2, 0) is 22.7 Å². The van der Waals surface area contributed by atoms with Crippen molar-refractivity contribution in [3.63, 3.8) is 0 Å². The van der Waals surface area contributed by atoms with Gasteiger partial charge in [0.15, 0.2) is 0 Å². The zero-order chi connectivity index (χ0) is 22.2. The highest BCUT2D eigenvalue weighted by atomic mass is 19.1. The summed E-state index contributed by atoms with van der Waals surface area (Å²) < 4.78 is 18.3. The van der Waals surface area contributed by atoms with Gasteiger partial charge in [-0.1, -0.05) is 36.8 Å². The minimum Gasteiger partial charge on any atom is -0.367 e. The maximum absolute atomic E-state index is 12.9. The summed E-state index contributed by atoms with van der Waals surface area (Å²) in [5.41, 5.74) is 3.45. The predicted molar refractivity (Wildman–Crippen MR) is 125 cm³/mol. The number of rotatable bonds is 11. The molecule has 0 radical (unpaired) electrons. The first-order chi connectivity index (χ1) is 15.7. The number of aromatic nitrogens is 1. The number of ether oxygens (including phenoxy) is 1. The third kappa shape index (κ3) is 6.40. The lowest BCUT2D eigenvalue weighted by Gasteiger charge is -2.15. The number of carbonyl (C=O) groups is 1. The molecule has 0 saturated carbocycles. The summed E-state index contributed by atoms with van der Waals surface area (Å²) in [6.45, 7) is 4.35. The van der Waals surface area contributed by atoms with Crippen LogP contribution in [0.5, 0.6) is 0 Å². The van der Waals surface area contributed by atoms with Gasteiger partial charge >= 0.3 is 0 Å². The average Bonchev–Trinajstić information content (AvgIpc) is 3.42. The Morgan fingerprint density at radius 1 is 1.16 bits per heavy atom. The molecular formula is C26H32FN3O2. The van der Waals surface area contributed by atoms with Crippen molar-refractivity contribution in [3.05, 3.63) is 71.7 Å². The number of aromatic amines is 1. The van der Waals surface area contributed by atoms with Gasteiger partial charge in [-0.2, -0.15) is 0 Å². The van der Waals surface area contributed by atoms with Crippen LogP contribution < -0.4 is 5.32 Å². The quantitative estimate of drug-likeness (QED) is 0.430. The summed E-state index contributed by atoms with van der Waals surface area (Å²) >= 11 is 0. The zero-order valence-corrected chi connectivity index (χ0v) is 18.5. The molecule has 32 heavy (non-hydrogen) atoms. The minimum atomic E-state index is -0.272. The van der Waals surface area contributed by atoms with E-state index < -0.39 is 0 Å². The molecule has 1 unspecified atom stereocenters. The second kappa shape index (κ2) is 11.2. The monoisotopic (exact) mass is 437 g/mol. The molecule has 1 saturated heterocycles. The molecule has 1 fully saturated rings. The highest BCUT2D eigenvalue weighted by Crippen LogP contribution is 2.25. The average molecular weight is 438 g/mol. The van der Waals surface area contributed by atoms with Crippen molar-refractivity contribution in [1.29, 1.82) is 0 Å². The summed E-state index contributed by atoms with van der Waals surface area (Å²) in [4.78, 5) is 17.8. The lowest BCUT2D eigenvalue weighted by molar-refractivity contribution is -0.126. The van der Waals surface area contributed by atoms with E-state index >= 15 is 0 Å². The number of hydrogen-bond donors (Lipinski definition) is 2. The van der Waals surface area contributed by atoms with E-state index in [2.05, 4.69) is 45.7 Å². The van der Waals surface area contributed by atoms with Crippen LogP contribution in [0, 0.1) is 11.7 Å². The first-order valence-corrected chi connectivity index (χ1v) is 11.5. The summed E-state index contributed by atoms with van der Waals surface area (Å²) in [6, 6.07) is 14.6. The molecule has 0 aliphatic carbocycles. The van der Waals surface area contributed by atoms with E-state index in [-0.39, 0.29) is 18.3 Å². The zero-order valence-electron chi connectivity index (χ0n) is 18.5. The number of nitrogens with zero attached hydrogens (tertiary/aromatic N) is 1. The van der Waals surface area contributed by atoms with Crippen LogP contribution in [0.2, 0.25) is 0 Å². The van der Waals surface area contributed by atoms with Gasteiger partial charge in [-0.3, -0.25) is 9.69 Å². The van der Waals surface area contributed by atoms with Crippen LogP contribution in [0.25, 0.3) is 10.9 Å². The van der Waals surface area contributed by atoms with Crippen molar-refractivity contribution in [2.75, 3.05) is 26.2 Å². The number of hydrogen-bond acceptors (Lipinski definition) is 3. The molecule has 1 atom stereocenters. The third-order valence-corrected chi connectivity index (χ3v) is 6.22. The number of halogens is 1. The van der Waals surface area contributed by atoms with Gasteiger partial charge < -0.3 is 15.0 Å². The van der Waals surface area contributed by atoms with Gasteiger partial charge in [-0.25, -0.2) is 4.39 Å². The molecule has 1 amide bonds. The maximum atomic E-state index is 12.9. The molecule has 1 aromatic heterocycles. The first kappa shape index (κ1) is 22.5. The van der Waals surface area contributed by atoms with Gasteiger partial charge in [0.1, 0.15) is 12.4 Å². The second-order valence-electron chi connectivity index (χ2n) is 8.71. The van der Waals surface area contributed by atoms with Crippen LogP contribution >= 0.6 is 0 Å². The van der Waals surface area contributed by atoms with Crippen LogP contribution in [0.4, 0.5) is 4.39 Å². The molecule has 2 heterocycles. The van der Waals surface area contributed by atoms with Crippen LogP contribution in [0.3, 0.4) is 0 Å². The van der Waals surface area contributed by atoms with Crippen molar-refractivity contribution in [2.45, 2.75) is 38.8 Å². The number of fused-ring (bicyclic) bond motifs is 1. The number of para-hydroxylation sites is 1. The highest BCUT2D eigenvalue weighted by molar-refractivity contribution is 5.83. The lowest BCUT2D eigenvalue weighted by atomic mass is 10.0. The fourth-order valence-electron chi connectivity index (χ4n) is 4.47. The first-order valence-electron chi connectivity index (χ1n) is 11.5. The molecule has 0 bridgehead atoms. The smallest absolute Gasteiger partial charge is 0.246 e. The number of unbranched alkanes of at least 4 members (excludes halogenated alkanes) is 1. The van der Waals surface area contributed by atoms with Crippen molar-refractivity contribution in [3.8, 4) is 0 Å². The van der Waals surface area contributed by atoms with Crippen molar-refractivity contribution in [2.24, 2.45) is 5.92 Å². The molecule has 6 heteroatoms. The van der Waals surface area contributed by atoms with E-state index in [1.807, 2.05) is 0 Å². The van der Waals surface area contributed by atoms with E-state index in [9.17, 15) is 9.18 Å². The normalized spacial score (nSPS) is 16.6. The Hall–Kier alpha value is -2.70. The van der Waals surface area contributed by atoms with Gasteiger partial charge in [-0.05, 0) is 61.1 Å². The Kier molecular flexibility index (Phi) is 7.91. The van der Waals surface area contributed by atoms with Gasteiger partial charge in [0.05, 0.1) is 6.61 Å². The molecule has 0 spiro atoms. The molecule has 1 aliphatic heterocycles. The van der Waals surface area contributed by atoms with E-state index in [4.69, 9.17) is 4.74 Å². The number of amides is 1. The van der Waals surface area contributed by atoms with Gasteiger partial charge in [0.2, 0.25) is 5.91 Å². The lowest BCUT2D eigenvalue weighted by Crippen LogP contribution is -2.28. The number of benzene rings is 2. The number of nitrogens with one attached hydrogen (secondary N) is 2. The van der Waals surface area contributed by atoms with Gasteiger partial charge in [-0.15, -0.1) is 0 Å². The van der Waals surface area contributed by atoms with Crippen molar-refractivity contribution in [1.82, 2.24) is 15.2 Å². The topological polar surface area (TPSA) is 57.4 Å². The number of likely N-dealkylation sites (tertiary alicyclic amines) is 1. The molecule has 170 valence electrons. The largest absolute Gasteiger partial charge is 0.367 e. The maximum Gasteiger partial charge on any atom is 0.246 e. The highest BCUT2D eigenvalue weighted by Gasteiger charge is 2.22. The summed E-state index contributed by atoms with van der Waals surface area (Å²) in [5, 5.41) is 4.25. The van der Waals surface area contributed by atoms with Crippen molar-refractivity contribution >= 4 is 16.8 Å². The molecule has 3 aromatic rings. The number of H-pyrrole nitrogens is 1. The summed E-state index contributed by atoms with van der Waals surface area (Å²) in [5.74, 6) is 0.374. The Balaban J connectivity index is 1.06. The molecule has 2 aromatic carbocycles. The number of carbonyl (C=O) groups excluding carboxylic acids is 1. The van der Waals surface area contributed by atoms with E-state index in [1.165, 1.54) is 41.4 Å². The Bertz CT molecular complexity index is 1000. The molecule has 2 N–H and O–H groups in total. The molecule has 1 aliphatic rings. The third-order valence-electron chi connectivity index (χ3n) is 6.22. The fourth-order valence-corrected chi connectivity index (χ4v) is 4.47. The van der Waals surface area contributed by atoms with Gasteiger partial charge in [0.25, 0.3) is 0 Å². The van der Waals surface area contributed by atoms with E-state index in [0.29, 0.717) is 13.2 Å². The SMILES string of the molecule is O=C(COCc1ccc(F)cc1)NCCCCC1CCN(Cc2c[nH]c3ccccc23)C1. The van der Waals surface area contributed by atoms with E-state index in [0.717, 1.165) is 44.0 Å². The summed E-state index contributed by atoms with van der Waals surface area (Å²) in [6.07, 6.45) is 6.72. The standard InChI is InChI=1S/C26H32FN3O2/c27-23-10-8-21(9-11-23)18-32-19-26(31)28-13-4-3-5-20-12-14-30(16-20)17-22-15-29-25-7-2-1-6-24(22)25/h1-2,6-11,15,20,29H,3-5,12-14,16-19H2,(H,28,31). The van der Waals surface area contributed by atoms with Crippen LogP contribution in [0.15, 0.2) is 54.7 Å². The Labute approximate surface area is 189 Å². The summed E-state index contributed by atoms with van der Waals surface area (Å²) in [7, 11) is 0. The van der Waals surface area contributed by atoms with Gasteiger partial charge in [0, 0.05) is 36.7 Å². The molecular weight excluding hydrogens is 405 g/mol. The molecule has 4 rings (SSSR count). The second-order valence-corrected chi connectivity index (χ2v) is 8.71. The van der Waals surface area contributed by atoms with Crippen molar-refractivity contribution < 1.29 is 13.9 Å². The minimum absolute atomic E-state index is 0.0306. The van der Waals surface area contributed by atoms with Crippen LogP contribution in [0.1, 0.15) is 36.8 Å². The molecule has 5 nitrogen and oxygen atoms in total. The van der Waals surface area contributed by atoms with Crippen LogP contribution in [-0.4, -0.2) is 42.0 Å². The predicted octanol–water partition coefficient (Wildman–Crippen LogP) is 4.63. The van der Waals surface area contributed by atoms with E-state index in [1.54, 1.807) is 12.1 Å². The Morgan fingerprint density at radius 3 is 2.88 bits per heavy atom. The fraction of sp³-hybridized carbons (Fsp3) is 0.423. The Morgan fingerprint density at radius 2 is 2.00 bits per heavy atom.